The van der Waals surface area contributed by atoms with Gasteiger partial charge in [0.25, 0.3) is 0 Å². The van der Waals surface area contributed by atoms with Crippen LogP contribution in [0.15, 0.2) is 54.6 Å². The lowest BCUT2D eigenvalue weighted by Gasteiger charge is -2.20. The van der Waals surface area contributed by atoms with Gasteiger partial charge in [0.2, 0.25) is 21.9 Å². The molecule has 13 nitrogen and oxygen atoms in total. The number of benzene rings is 2. The van der Waals surface area contributed by atoms with Gasteiger partial charge in [0, 0.05) is 13.2 Å². The first-order valence-electron chi connectivity index (χ1n) is 12.4. The van der Waals surface area contributed by atoms with Crippen LogP contribution in [-0.2, 0) is 21.2 Å². The topological polar surface area (TPSA) is 174 Å². The second kappa shape index (κ2) is 13.0. The molecule has 4 aromatic rings. The highest BCUT2D eigenvalue weighted by atomic mass is 32.2. The van der Waals surface area contributed by atoms with Crippen molar-refractivity contribution in [2.45, 2.75) is 11.7 Å². The van der Waals surface area contributed by atoms with E-state index in [1.54, 1.807) is 42.5 Å². The Hall–Kier alpha value is -5.18. The highest BCUT2D eigenvalue weighted by Crippen LogP contribution is 2.37. The summed E-state index contributed by atoms with van der Waals surface area (Å²) in [5.41, 5.74) is 1.59. The maximum Gasteiger partial charge on any atom is 0.243 e. The molecule has 0 fully saturated rings. The van der Waals surface area contributed by atoms with Crippen LogP contribution in [0.25, 0.3) is 17.2 Å². The Labute approximate surface area is 242 Å². The summed E-state index contributed by atoms with van der Waals surface area (Å²) in [7, 11) is 1.56. The summed E-state index contributed by atoms with van der Waals surface area (Å²) in [6, 6.07) is 18.6. The third kappa shape index (κ3) is 6.10. The molecule has 0 saturated heterocycles. The van der Waals surface area contributed by atoms with Crippen LogP contribution in [0.2, 0.25) is 0 Å². The minimum atomic E-state index is -4.23. The second-order valence-corrected chi connectivity index (χ2v) is 10.7. The summed E-state index contributed by atoms with van der Waals surface area (Å²) in [6.45, 7) is -0.198. The first-order chi connectivity index (χ1) is 20.3. The van der Waals surface area contributed by atoms with Crippen molar-refractivity contribution in [2.75, 3.05) is 39.8 Å². The molecule has 0 aliphatic heterocycles. The third-order valence-electron chi connectivity index (χ3n) is 6.28. The van der Waals surface area contributed by atoms with Gasteiger partial charge >= 0.3 is 0 Å². The maximum absolute atomic E-state index is 13.9. The number of aromatic nitrogens is 4. The monoisotopic (exact) mass is 589 g/mol. The minimum absolute atomic E-state index is 0.0752. The van der Waals surface area contributed by atoms with Crippen LogP contribution >= 0.6 is 0 Å². The van der Waals surface area contributed by atoms with Gasteiger partial charge in [0.15, 0.2) is 5.82 Å². The fourth-order valence-electron chi connectivity index (χ4n) is 4.26. The van der Waals surface area contributed by atoms with Crippen LogP contribution in [-0.4, -0.2) is 68.5 Å². The predicted octanol–water partition coefficient (Wildman–Crippen LogP) is 3.10. The molecule has 4 rings (SSSR count). The molecule has 2 aromatic heterocycles. The zero-order valence-electron chi connectivity index (χ0n) is 23.2. The van der Waals surface area contributed by atoms with E-state index < -0.39 is 15.3 Å². The zero-order chi connectivity index (χ0) is 30.3. The first-order valence-corrected chi connectivity index (χ1v) is 14.0. The number of rotatable bonds is 12. The van der Waals surface area contributed by atoms with Crippen molar-refractivity contribution < 1.29 is 27.4 Å². The van der Waals surface area contributed by atoms with Gasteiger partial charge in [-0.25, -0.2) is 13.4 Å². The molecule has 1 N–H and O–H groups in total. The van der Waals surface area contributed by atoms with Crippen LogP contribution in [0.4, 0.5) is 5.95 Å². The van der Waals surface area contributed by atoms with E-state index in [0.717, 1.165) is 0 Å². The van der Waals surface area contributed by atoms with Crippen LogP contribution in [0.3, 0.4) is 0 Å². The molecular weight excluding hydrogens is 562 g/mol. The number of methoxy groups -OCH3 is 4. The molecule has 0 bridgehead atoms. The van der Waals surface area contributed by atoms with E-state index in [-0.39, 0.29) is 35.9 Å². The van der Waals surface area contributed by atoms with Gasteiger partial charge in [0.1, 0.15) is 28.1 Å². The van der Waals surface area contributed by atoms with Crippen molar-refractivity contribution in [3.05, 3.63) is 71.3 Å². The maximum atomic E-state index is 13.9. The number of nitrogens with zero attached hydrogens (tertiary/aromatic N) is 6. The summed E-state index contributed by atoms with van der Waals surface area (Å²) in [5.74, 6) is 1.02. The lowest BCUT2D eigenvalue weighted by Crippen LogP contribution is -2.34. The molecule has 0 aliphatic carbocycles. The molecule has 0 aliphatic rings. The van der Waals surface area contributed by atoms with Gasteiger partial charge in [-0.2, -0.15) is 10.5 Å². The molecule has 42 heavy (non-hydrogen) atoms. The molecule has 2 heterocycles. The van der Waals surface area contributed by atoms with Gasteiger partial charge in [0.05, 0.1) is 51.2 Å². The number of nitrogens with one attached hydrogen (secondary N) is 1. The molecule has 0 saturated carbocycles. The fraction of sp³-hybridized carbons (Fsp3) is 0.250. The SMILES string of the molecule is COC[C@H](Cc1ccc(C#N)cc1C#N)S(=O)(=O)Nc1nnc(-c2cccc(OC)n2)n1-c1c(OC)cccc1OC. The lowest BCUT2D eigenvalue weighted by molar-refractivity contribution is 0.196. The Bertz CT molecular complexity index is 1750. The van der Waals surface area contributed by atoms with Crippen LogP contribution in [0.5, 0.6) is 17.4 Å². The molecule has 1 atom stereocenters. The number of para-hydroxylation sites is 1. The zero-order valence-corrected chi connectivity index (χ0v) is 24.0. The van der Waals surface area contributed by atoms with Crippen LogP contribution in [0, 0.1) is 22.7 Å². The van der Waals surface area contributed by atoms with Crippen molar-refractivity contribution in [3.63, 3.8) is 0 Å². The van der Waals surface area contributed by atoms with Gasteiger partial charge in [-0.15, -0.1) is 10.2 Å². The van der Waals surface area contributed by atoms with Crippen LogP contribution < -0.4 is 18.9 Å². The Balaban J connectivity index is 1.85. The first kappa shape index (κ1) is 29.8. The van der Waals surface area contributed by atoms with Crippen molar-refractivity contribution in [1.82, 2.24) is 19.7 Å². The average molecular weight is 590 g/mol. The van der Waals surface area contributed by atoms with Crippen molar-refractivity contribution in [3.8, 4) is 46.7 Å². The van der Waals surface area contributed by atoms with E-state index in [0.29, 0.717) is 34.3 Å². The second-order valence-electron chi connectivity index (χ2n) is 8.78. The van der Waals surface area contributed by atoms with E-state index >= 15 is 0 Å². The van der Waals surface area contributed by atoms with Gasteiger partial charge in [-0.3, -0.25) is 9.29 Å². The number of hydrogen-bond donors (Lipinski definition) is 1. The summed E-state index contributed by atoms with van der Waals surface area (Å²) in [5, 5.41) is 26.1. The smallest absolute Gasteiger partial charge is 0.243 e. The van der Waals surface area contributed by atoms with Crippen LogP contribution in [0.1, 0.15) is 16.7 Å². The normalized spacial score (nSPS) is 11.7. The Kier molecular flexibility index (Phi) is 9.22. The van der Waals surface area contributed by atoms with Gasteiger partial charge < -0.3 is 18.9 Å². The predicted molar refractivity (Wildman–Crippen MR) is 152 cm³/mol. The largest absolute Gasteiger partial charge is 0.494 e. The molecule has 0 unspecified atom stereocenters. The number of hydrogen-bond acceptors (Lipinski definition) is 11. The molecule has 0 radical (unpaired) electrons. The van der Waals surface area contributed by atoms with E-state index in [9.17, 15) is 18.9 Å². The van der Waals surface area contributed by atoms with Crippen molar-refractivity contribution in [2.24, 2.45) is 0 Å². The molecule has 2 aromatic carbocycles. The number of ether oxygens (including phenoxy) is 4. The third-order valence-corrected chi connectivity index (χ3v) is 7.93. The van der Waals surface area contributed by atoms with E-state index in [1.807, 2.05) is 12.1 Å². The molecule has 0 spiro atoms. The van der Waals surface area contributed by atoms with E-state index in [1.165, 1.54) is 45.1 Å². The van der Waals surface area contributed by atoms with E-state index in [4.69, 9.17) is 18.9 Å². The van der Waals surface area contributed by atoms with Gasteiger partial charge in [-0.05, 0) is 42.3 Å². The van der Waals surface area contributed by atoms with E-state index in [2.05, 4.69) is 19.9 Å². The quantitative estimate of drug-likeness (QED) is 0.257. The Morgan fingerprint density at radius 2 is 1.64 bits per heavy atom. The highest BCUT2D eigenvalue weighted by Gasteiger charge is 2.31. The minimum Gasteiger partial charge on any atom is -0.494 e. The summed E-state index contributed by atoms with van der Waals surface area (Å²) >= 11 is 0. The molecule has 0 amide bonds. The standard InChI is InChI=1S/C28H27N7O6S/c1-38-17-21(14-19-12-11-18(15-29)13-20(19)16-30)42(36,37)34-28-33-32-27(22-7-5-10-25(31-22)41-4)35(28)26-23(39-2)8-6-9-24(26)40-3/h5-13,21H,14,17H2,1-4H3,(H,33,34)/t21-/m0/s1. The number of nitriles is 2. The fourth-order valence-corrected chi connectivity index (χ4v) is 5.53. The Morgan fingerprint density at radius 3 is 2.26 bits per heavy atom. The Morgan fingerprint density at radius 1 is 0.929 bits per heavy atom. The summed E-state index contributed by atoms with van der Waals surface area (Å²) in [6.07, 6.45) is -0.0752. The summed E-state index contributed by atoms with van der Waals surface area (Å²) in [4.78, 5) is 4.44. The molecular formula is C28H27N7O6S. The average Bonchev–Trinajstić information content (AvgIpc) is 3.42. The van der Waals surface area contributed by atoms with Gasteiger partial charge in [-0.1, -0.05) is 18.2 Å². The molecule has 14 heteroatoms. The number of sulfonamides is 1. The van der Waals surface area contributed by atoms with Crippen molar-refractivity contribution >= 4 is 16.0 Å². The highest BCUT2D eigenvalue weighted by molar-refractivity contribution is 7.93. The molecule has 216 valence electrons. The lowest BCUT2D eigenvalue weighted by atomic mass is 10.0. The number of anilines is 1. The number of pyridine rings is 1. The van der Waals surface area contributed by atoms with Crippen molar-refractivity contribution in [1.29, 1.82) is 10.5 Å². The summed E-state index contributed by atoms with van der Waals surface area (Å²) < 4.78 is 53.4.